The molecule has 1 aromatic carbocycles. The molecule has 0 bridgehead atoms. The number of nitrogens with one attached hydrogen (secondary N) is 1. The second-order valence-electron chi connectivity index (χ2n) is 2.76. The number of halogens is 1. The van der Waals surface area contributed by atoms with Gasteiger partial charge in [0.25, 0.3) is 0 Å². The van der Waals surface area contributed by atoms with Crippen LogP contribution in [0.4, 0.5) is 0 Å². The molecule has 1 rings (SSSR count). The summed E-state index contributed by atoms with van der Waals surface area (Å²) in [7, 11) is -3.51. The van der Waals surface area contributed by atoms with Crippen LogP contribution in [-0.4, -0.2) is 15.0 Å². The molecule has 0 saturated heterocycles. The lowest BCUT2D eigenvalue weighted by Gasteiger charge is -2.04. The van der Waals surface area contributed by atoms with Crippen molar-refractivity contribution in [3.8, 4) is 6.07 Å². The van der Waals surface area contributed by atoms with Gasteiger partial charge in [0.15, 0.2) is 0 Å². The average Bonchev–Trinajstić information content (AvgIpc) is 2.18. The van der Waals surface area contributed by atoms with Crippen LogP contribution in [0.2, 0.25) is 5.02 Å². The third kappa shape index (κ3) is 3.51. The Balaban J connectivity index is 2.79. The largest absolute Gasteiger partial charge is 0.240 e. The Morgan fingerprint density at radius 1 is 1.33 bits per heavy atom. The Kier molecular flexibility index (Phi) is 4.09. The molecule has 1 aromatic rings. The number of hydrogen-bond donors (Lipinski definition) is 1. The fourth-order valence-corrected chi connectivity index (χ4v) is 2.10. The quantitative estimate of drug-likeness (QED) is 0.817. The zero-order valence-electron chi connectivity index (χ0n) is 7.77. The predicted molar refractivity (Wildman–Crippen MR) is 56.9 cm³/mol. The van der Waals surface area contributed by atoms with Gasteiger partial charge in [-0.2, -0.15) is 5.26 Å². The first-order valence-corrected chi connectivity index (χ1v) is 6.04. The van der Waals surface area contributed by atoms with Crippen LogP contribution in [0.3, 0.4) is 0 Å². The highest BCUT2D eigenvalue weighted by atomic mass is 35.5. The molecule has 6 heteroatoms. The number of rotatable bonds is 4. The van der Waals surface area contributed by atoms with Crippen LogP contribution < -0.4 is 4.72 Å². The summed E-state index contributed by atoms with van der Waals surface area (Å²) in [5.41, 5.74) is 0. The lowest BCUT2D eigenvalue weighted by molar-refractivity contribution is 0.582. The molecule has 0 radical (unpaired) electrons. The first-order valence-electron chi connectivity index (χ1n) is 4.18. The zero-order valence-corrected chi connectivity index (χ0v) is 9.35. The molecular weight excluding hydrogens is 236 g/mol. The molecule has 80 valence electrons. The normalized spacial score (nSPS) is 10.9. The van der Waals surface area contributed by atoms with E-state index in [2.05, 4.69) is 4.72 Å². The minimum atomic E-state index is -3.51. The number of sulfonamides is 1. The van der Waals surface area contributed by atoms with E-state index in [9.17, 15) is 8.42 Å². The Bertz CT molecular complexity index is 462. The van der Waals surface area contributed by atoms with Crippen LogP contribution >= 0.6 is 11.6 Å². The number of hydrogen-bond acceptors (Lipinski definition) is 3. The second-order valence-corrected chi connectivity index (χ2v) is 4.96. The van der Waals surface area contributed by atoms with Crippen molar-refractivity contribution in [2.45, 2.75) is 11.3 Å². The van der Waals surface area contributed by atoms with Crippen LogP contribution in [0.25, 0.3) is 0 Å². The van der Waals surface area contributed by atoms with E-state index in [0.717, 1.165) is 0 Å². The summed E-state index contributed by atoms with van der Waals surface area (Å²) in [5.74, 6) is 0. The molecule has 0 amide bonds. The van der Waals surface area contributed by atoms with E-state index in [4.69, 9.17) is 16.9 Å². The molecule has 0 aromatic heterocycles. The minimum absolute atomic E-state index is 0.113. The monoisotopic (exact) mass is 244 g/mol. The van der Waals surface area contributed by atoms with Gasteiger partial charge in [-0.25, -0.2) is 13.1 Å². The number of benzene rings is 1. The van der Waals surface area contributed by atoms with Crippen molar-refractivity contribution in [3.05, 3.63) is 29.3 Å². The standard InChI is InChI=1S/C9H9ClN2O2S/c10-8-2-4-9(5-3-8)15(13,14)12-7-1-6-11/h2-5,12H,1,7H2. The van der Waals surface area contributed by atoms with Crippen molar-refractivity contribution in [1.29, 1.82) is 5.26 Å². The summed E-state index contributed by atoms with van der Waals surface area (Å²) >= 11 is 5.63. The maximum Gasteiger partial charge on any atom is 0.240 e. The summed E-state index contributed by atoms with van der Waals surface area (Å²) in [6.07, 6.45) is 0.146. The van der Waals surface area contributed by atoms with Gasteiger partial charge in [0.05, 0.1) is 11.0 Å². The summed E-state index contributed by atoms with van der Waals surface area (Å²) < 4.78 is 25.4. The topological polar surface area (TPSA) is 70.0 Å². The van der Waals surface area contributed by atoms with Crippen molar-refractivity contribution >= 4 is 21.6 Å². The van der Waals surface area contributed by atoms with Crippen LogP contribution in [-0.2, 0) is 10.0 Å². The molecule has 0 fully saturated rings. The Labute approximate surface area is 93.5 Å². The molecule has 1 N–H and O–H groups in total. The van der Waals surface area contributed by atoms with Crippen molar-refractivity contribution in [1.82, 2.24) is 4.72 Å². The van der Waals surface area contributed by atoms with E-state index in [1.165, 1.54) is 24.3 Å². The van der Waals surface area contributed by atoms with Crippen LogP contribution in [0.5, 0.6) is 0 Å². The van der Waals surface area contributed by atoms with Gasteiger partial charge in [0.2, 0.25) is 10.0 Å². The first-order chi connectivity index (χ1) is 7.06. The molecule has 4 nitrogen and oxygen atoms in total. The van der Waals surface area contributed by atoms with Gasteiger partial charge in [-0.1, -0.05) is 11.6 Å². The van der Waals surface area contributed by atoms with Gasteiger partial charge in [0.1, 0.15) is 0 Å². The van der Waals surface area contributed by atoms with Gasteiger partial charge >= 0.3 is 0 Å². The molecular formula is C9H9ClN2O2S. The molecule has 0 atom stereocenters. The van der Waals surface area contributed by atoms with E-state index in [1.54, 1.807) is 0 Å². The van der Waals surface area contributed by atoms with Gasteiger partial charge in [-0.05, 0) is 24.3 Å². The lowest BCUT2D eigenvalue weighted by atomic mass is 10.4. The lowest BCUT2D eigenvalue weighted by Crippen LogP contribution is -2.24. The van der Waals surface area contributed by atoms with E-state index in [1.807, 2.05) is 6.07 Å². The third-order valence-electron chi connectivity index (χ3n) is 1.65. The molecule has 0 spiro atoms. The average molecular weight is 245 g/mol. The van der Waals surface area contributed by atoms with Crippen LogP contribution in [0.15, 0.2) is 29.2 Å². The van der Waals surface area contributed by atoms with Gasteiger partial charge in [-0.15, -0.1) is 0 Å². The maximum atomic E-state index is 11.6. The molecule has 0 heterocycles. The van der Waals surface area contributed by atoms with Crippen LogP contribution in [0.1, 0.15) is 6.42 Å². The fraction of sp³-hybridized carbons (Fsp3) is 0.222. The number of nitriles is 1. The van der Waals surface area contributed by atoms with Crippen molar-refractivity contribution in [3.63, 3.8) is 0 Å². The Morgan fingerprint density at radius 2 is 1.93 bits per heavy atom. The van der Waals surface area contributed by atoms with Gasteiger partial charge in [-0.3, -0.25) is 0 Å². The summed E-state index contributed by atoms with van der Waals surface area (Å²) in [6, 6.07) is 7.68. The molecule has 0 aliphatic heterocycles. The molecule has 0 aliphatic carbocycles. The summed E-state index contributed by atoms with van der Waals surface area (Å²) in [6.45, 7) is 0.113. The van der Waals surface area contributed by atoms with E-state index in [0.29, 0.717) is 5.02 Å². The van der Waals surface area contributed by atoms with E-state index in [-0.39, 0.29) is 17.9 Å². The highest BCUT2D eigenvalue weighted by Gasteiger charge is 2.12. The van der Waals surface area contributed by atoms with Crippen molar-refractivity contribution < 1.29 is 8.42 Å². The van der Waals surface area contributed by atoms with Crippen LogP contribution in [0, 0.1) is 11.3 Å². The van der Waals surface area contributed by atoms with E-state index < -0.39 is 10.0 Å². The first kappa shape index (κ1) is 12.0. The summed E-state index contributed by atoms with van der Waals surface area (Å²) in [5, 5.41) is 8.75. The molecule has 0 aliphatic rings. The predicted octanol–water partition coefficient (Wildman–Crippen LogP) is 1.53. The maximum absolute atomic E-state index is 11.6. The molecule has 15 heavy (non-hydrogen) atoms. The molecule has 0 unspecified atom stereocenters. The third-order valence-corrected chi connectivity index (χ3v) is 3.38. The molecule has 0 saturated carbocycles. The Morgan fingerprint density at radius 3 is 2.47 bits per heavy atom. The van der Waals surface area contributed by atoms with Crippen molar-refractivity contribution in [2.75, 3.05) is 6.54 Å². The smallest absolute Gasteiger partial charge is 0.210 e. The van der Waals surface area contributed by atoms with Crippen molar-refractivity contribution in [2.24, 2.45) is 0 Å². The highest BCUT2D eigenvalue weighted by Crippen LogP contribution is 2.13. The van der Waals surface area contributed by atoms with E-state index >= 15 is 0 Å². The zero-order chi connectivity index (χ0) is 11.3. The fourth-order valence-electron chi connectivity index (χ4n) is 0.938. The Hall–Kier alpha value is -1.09. The van der Waals surface area contributed by atoms with Gasteiger partial charge < -0.3 is 0 Å². The number of nitrogens with zero attached hydrogens (tertiary/aromatic N) is 1. The SMILES string of the molecule is N#CCCNS(=O)(=O)c1ccc(Cl)cc1. The summed E-state index contributed by atoms with van der Waals surface area (Å²) in [4.78, 5) is 0.143. The minimum Gasteiger partial charge on any atom is -0.210 e. The second kappa shape index (κ2) is 5.12. The highest BCUT2D eigenvalue weighted by molar-refractivity contribution is 7.89. The van der Waals surface area contributed by atoms with Gasteiger partial charge in [0, 0.05) is 18.0 Å².